The van der Waals surface area contributed by atoms with Crippen molar-refractivity contribution in [2.24, 2.45) is 0 Å². The number of hydrogen-bond acceptors (Lipinski definition) is 3. The molecule has 2 aliphatic rings. The summed E-state index contributed by atoms with van der Waals surface area (Å²) in [6.45, 7) is 1.88. The van der Waals surface area contributed by atoms with E-state index in [4.69, 9.17) is 4.74 Å². The fourth-order valence-corrected chi connectivity index (χ4v) is 2.60. The van der Waals surface area contributed by atoms with Gasteiger partial charge in [0, 0.05) is 18.8 Å². The molecule has 0 fully saturated rings. The van der Waals surface area contributed by atoms with Crippen LogP contribution in [0.5, 0.6) is 0 Å². The number of benzene rings is 1. The molecule has 5 heteroatoms. The Morgan fingerprint density at radius 1 is 1.35 bits per heavy atom. The molecule has 0 unspecified atom stereocenters. The zero-order valence-corrected chi connectivity index (χ0v) is 13.2. The van der Waals surface area contributed by atoms with Gasteiger partial charge in [0.15, 0.2) is 5.82 Å². The maximum atomic E-state index is 12.5. The van der Waals surface area contributed by atoms with Gasteiger partial charge in [-0.1, -0.05) is 30.3 Å². The number of fused-ring (bicyclic) bond motifs is 1. The topological polar surface area (TPSA) is 59.9 Å². The van der Waals surface area contributed by atoms with Gasteiger partial charge < -0.3 is 9.72 Å². The first-order valence-electron chi connectivity index (χ1n) is 7.53. The van der Waals surface area contributed by atoms with Crippen molar-refractivity contribution >= 4 is 0 Å². The van der Waals surface area contributed by atoms with E-state index in [0.29, 0.717) is 24.4 Å². The van der Waals surface area contributed by atoms with Crippen LogP contribution < -0.4 is 5.56 Å². The minimum atomic E-state index is -0.0975. The van der Waals surface area contributed by atoms with Gasteiger partial charge >= 0.3 is 0 Å². The van der Waals surface area contributed by atoms with E-state index in [1.165, 1.54) is 5.56 Å². The number of H-pyrrole nitrogens is 1. The van der Waals surface area contributed by atoms with Crippen LogP contribution in [-0.2, 0) is 17.6 Å². The molecule has 0 radical (unpaired) electrons. The summed E-state index contributed by atoms with van der Waals surface area (Å²) in [7, 11) is 1.60. The molecule has 0 aliphatic carbocycles. The highest BCUT2D eigenvalue weighted by atomic mass is 16.5. The lowest BCUT2D eigenvalue weighted by Gasteiger charge is -2.08. The number of aromatic amines is 1. The van der Waals surface area contributed by atoms with E-state index in [2.05, 4.69) is 22.1 Å². The second-order valence-electron chi connectivity index (χ2n) is 5.29. The summed E-state index contributed by atoms with van der Waals surface area (Å²) in [5, 5.41) is 0. The van der Waals surface area contributed by atoms with Crippen molar-refractivity contribution < 1.29 is 4.74 Å². The second-order valence-corrected chi connectivity index (χ2v) is 5.29. The minimum Gasteiger partial charge on any atom is -0.501 e. The first-order chi connectivity index (χ1) is 11.2. The van der Waals surface area contributed by atoms with Gasteiger partial charge in [-0.15, -0.1) is 0 Å². The van der Waals surface area contributed by atoms with Gasteiger partial charge in [0.25, 0.3) is 5.56 Å². The lowest BCUT2D eigenvalue weighted by Crippen LogP contribution is -2.17. The minimum absolute atomic E-state index is 0.0975. The van der Waals surface area contributed by atoms with Gasteiger partial charge in [-0.3, -0.25) is 9.36 Å². The molecule has 0 bridgehead atoms. The normalized spacial score (nSPS) is 11.8. The van der Waals surface area contributed by atoms with Crippen LogP contribution >= 0.6 is 0 Å². The Hall–Kier alpha value is -2.82. The van der Waals surface area contributed by atoms with Gasteiger partial charge in [-0.25, -0.2) is 4.98 Å². The first kappa shape index (κ1) is 15.1. The van der Waals surface area contributed by atoms with E-state index in [9.17, 15) is 4.79 Å². The second kappa shape index (κ2) is 6.52. The monoisotopic (exact) mass is 309 g/mol. The number of allylic oxidation sites excluding steroid dienone is 2. The van der Waals surface area contributed by atoms with Crippen LogP contribution in [-0.4, -0.2) is 21.6 Å². The van der Waals surface area contributed by atoms with Gasteiger partial charge in [-0.05, 0) is 18.6 Å². The molecule has 0 spiro atoms. The fraction of sp³-hybridized carbons (Fsp3) is 0.222. The van der Waals surface area contributed by atoms with Crippen LogP contribution in [0.25, 0.3) is 5.82 Å². The van der Waals surface area contributed by atoms with E-state index in [1.54, 1.807) is 24.1 Å². The average molecular weight is 309 g/mol. The largest absolute Gasteiger partial charge is 0.501 e. The van der Waals surface area contributed by atoms with Crippen molar-refractivity contribution in [2.75, 3.05) is 7.11 Å². The molecule has 23 heavy (non-hydrogen) atoms. The van der Waals surface area contributed by atoms with E-state index in [0.717, 1.165) is 11.5 Å². The number of imidazole rings is 1. The standard InChI is InChI=1S/C18H19N3O2/c1-3-14(23-2)12-16-18(22)21-10-9-19-15(17(21)20-16)11-13-7-5-4-6-8-13/h3-10,19H,11-12H2,1-2H3/b14-3-. The third kappa shape index (κ3) is 3.04. The van der Waals surface area contributed by atoms with Crippen LogP contribution in [0.1, 0.15) is 23.9 Å². The number of nitrogens with one attached hydrogen (secondary N) is 1. The van der Waals surface area contributed by atoms with Crippen LogP contribution in [0.2, 0.25) is 0 Å². The predicted molar refractivity (Wildman–Crippen MR) is 89.1 cm³/mol. The van der Waals surface area contributed by atoms with Crippen molar-refractivity contribution in [3.63, 3.8) is 0 Å². The smallest absolute Gasteiger partial charge is 0.278 e. The Morgan fingerprint density at radius 2 is 2.13 bits per heavy atom. The number of aromatic nitrogens is 3. The average Bonchev–Trinajstić information content (AvgIpc) is 2.91. The molecule has 1 N–H and O–H groups in total. The first-order valence-corrected chi connectivity index (χ1v) is 7.53. The number of rotatable bonds is 5. The van der Waals surface area contributed by atoms with Crippen molar-refractivity contribution in [3.8, 4) is 5.82 Å². The summed E-state index contributed by atoms with van der Waals surface area (Å²) in [4.78, 5) is 20.3. The third-order valence-corrected chi connectivity index (χ3v) is 3.84. The molecule has 1 aromatic carbocycles. The number of hydrogen-bond donors (Lipinski definition) is 1. The molecular formula is C18H19N3O2. The molecule has 1 aromatic rings. The maximum absolute atomic E-state index is 12.5. The highest BCUT2D eigenvalue weighted by molar-refractivity contribution is 5.37. The van der Waals surface area contributed by atoms with E-state index < -0.39 is 0 Å². The van der Waals surface area contributed by atoms with Gasteiger partial charge in [-0.2, -0.15) is 0 Å². The Balaban J connectivity index is 2.00. The van der Waals surface area contributed by atoms with Crippen LogP contribution in [0, 0.1) is 0 Å². The van der Waals surface area contributed by atoms with Crippen LogP contribution in [0.4, 0.5) is 0 Å². The summed E-state index contributed by atoms with van der Waals surface area (Å²) in [5.74, 6) is 1.40. The Kier molecular flexibility index (Phi) is 4.28. The Labute approximate surface area is 134 Å². The maximum Gasteiger partial charge on any atom is 0.278 e. The zero-order valence-electron chi connectivity index (χ0n) is 13.2. The molecule has 2 aliphatic heterocycles. The molecule has 0 atom stereocenters. The summed E-state index contributed by atoms with van der Waals surface area (Å²) in [6, 6.07) is 10.1. The quantitative estimate of drug-likeness (QED) is 0.737. The molecule has 118 valence electrons. The molecule has 0 saturated carbocycles. The third-order valence-electron chi connectivity index (χ3n) is 3.84. The lowest BCUT2D eigenvalue weighted by molar-refractivity contribution is 0.281. The predicted octanol–water partition coefficient (Wildman–Crippen LogP) is 2.68. The highest BCUT2D eigenvalue weighted by Gasteiger charge is 2.18. The molecule has 0 aromatic heterocycles. The Morgan fingerprint density at radius 3 is 2.83 bits per heavy atom. The number of methoxy groups -OCH3 is 1. The zero-order chi connectivity index (χ0) is 16.2. The lowest BCUT2D eigenvalue weighted by atomic mass is 10.1. The summed E-state index contributed by atoms with van der Waals surface area (Å²) in [6.07, 6.45) is 6.43. The molecule has 0 amide bonds. The summed E-state index contributed by atoms with van der Waals surface area (Å²) < 4.78 is 6.84. The summed E-state index contributed by atoms with van der Waals surface area (Å²) in [5.41, 5.74) is 2.48. The summed E-state index contributed by atoms with van der Waals surface area (Å²) >= 11 is 0. The van der Waals surface area contributed by atoms with E-state index in [1.807, 2.05) is 31.2 Å². The molecule has 5 nitrogen and oxygen atoms in total. The van der Waals surface area contributed by atoms with Gasteiger partial charge in [0.05, 0.1) is 25.0 Å². The van der Waals surface area contributed by atoms with Crippen LogP contribution in [0.15, 0.2) is 59.4 Å². The SMILES string of the molecule is C/C=C(/Cc1nc2c(Cc3ccccc3)[nH]ccn-2c1=O)OC. The molecular weight excluding hydrogens is 290 g/mol. The molecule has 3 rings (SSSR count). The molecule has 2 heterocycles. The van der Waals surface area contributed by atoms with Crippen LogP contribution in [0.3, 0.4) is 0 Å². The highest BCUT2D eigenvalue weighted by Crippen LogP contribution is 2.16. The fourth-order valence-electron chi connectivity index (χ4n) is 2.60. The Bertz CT molecular complexity index is 846. The molecule has 0 saturated heterocycles. The van der Waals surface area contributed by atoms with Crippen molar-refractivity contribution in [1.82, 2.24) is 14.5 Å². The van der Waals surface area contributed by atoms with Crippen molar-refractivity contribution in [1.29, 1.82) is 0 Å². The van der Waals surface area contributed by atoms with Crippen molar-refractivity contribution in [2.45, 2.75) is 19.8 Å². The number of nitrogens with zero attached hydrogens (tertiary/aromatic N) is 2. The van der Waals surface area contributed by atoms with Gasteiger partial charge in [0.1, 0.15) is 5.69 Å². The van der Waals surface area contributed by atoms with Crippen molar-refractivity contribution in [3.05, 3.63) is 81.9 Å². The number of ether oxygens (including phenoxy) is 1. The van der Waals surface area contributed by atoms with E-state index >= 15 is 0 Å². The van der Waals surface area contributed by atoms with Gasteiger partial charge in [0.2, 0.25) is 0 Å². The van der Waals surface area contributed by atoms with E-state index in [-0.39, 0.29) is 5.56 Å².